The molecule has 19 aromatic rings. The van der Waals surface area contributed by atoms with Crippen LogP contribution >= 0.6 is 0 Å². The van der Waals surface area contributed by atoms with E-state index < -0.39 is 0 Å². The van der Waals surface area contributed by atoms with Gasteiger partial charge in [-0.2, -0.15) is 0 Å². The summed E-state index contributed by atoms with van der Waals surface area (Å²) in [5.74, 6) is 0. The Bertz CT molecular complexity index is 6310. The van der Waals surface area contributed by atoms with Crippen LogP contribution in [0.5, 0.6) is 0 Å². The third-order valence-electron chi connectivity index (χ3n) is 20.5. The lowest BCUT2D eigenvalue weighted by Gasteiger charge is -2.27. The van der Waals surface area contributed by atoms with Gasteiger partial charge in [0.25, 0.3) is 0 Å². The van der Waals surface area contributed by atoms with Crippen molar-refractivity contribution < 1.29 is 0 Å². The summed E-state index contributed by atoms with van der Waals surface area (Å²) in [4.78, 5) is 7.23. The SMILES string of the molecule is CN(c1ccccc1)c1ccc2c(c1)c1c3ccccc3ccc1n2-c1ccc(CN(c2ccc(-c3cccc(CN(c4ccccc4)c4ccc5c6ccccc6n(-c6cccc7ccccc67)c5c4)c3)cc2)c2ccc3c4ccccc4n(-c4cccc5ccccc45)c3c2)cc1. The van der Waals surface area contributed by atoms with E-state index in [-0.39, 0.29) is 0 Å². The number of rotatable bonds is 14. The van der Waals surface area contributed by atoms with E-state index in [0.717, 1.165) is 56.6 Å². The van der Waals surface area contributed by atoms with Gasteiger partial charge in [0.05, 0.1) is 44.5 Å². The minimum Gasteiger partial charge on any atom is -0.345 e. The maximum atomic E-state index is 2.49. The van der Waals surface area contributed by atoms with E-state index in [1.165, 1.54) is 115 Å². The van der Waals surface area contributed by atoms with Gasteiger partial charge in [-0.1, -0.05) is 231 Å². The van der Waals surface area contributed by atoms with Crippen LogP contribution in [0.2, 0.25) is 0 Å². The molecule has 0 amide bonds. The zero-order valence-corrected chi connectivity index (χ0v) is 54.7. The van der Waals surface area contributed by atoms with Gasteiger partial charge in [-0.25, -0.2) is 0 Å². The Labute approximate surface area is 574 Å². The lowest BCUT2D eigenvalue weighted by molar-refractivity contribution is 0.973. The van der Waals surface area contributed by atoms with Crippen molar-refractivity contribution >= 4 is 132 Å². The molecular formula is C93H66N6. The molecule has 0 fully saturated rings. The largest absolute Gasteiger partial charge is 0.345 e. The predicted octanol–water partition coefficient (Wildman–Crippen LogP) is 24.5. The zero-order chi connectivity index (χ0) is 65.5. The van der Waals surface area contributed by atoms with Crippen LogP contribution in [0.25, 0.3) is 126 Å². The van der Waals surface area contributed by atoms with Gasteiger partial charge in [0.1, 0.15) is 0 Å². The molecule has 19 rings (SSSR count). The van der Waals surface area contributed by atoms with E-state index in [0.29, 0.717) is 13.1 Å². The van der Waals surface area contributed by atoms with Crippen LogP contribution in [0.1, 0.15) is 11.1 Å². The van der Waals surface area contributed by atoms with E-state index in [1.54, 1.807) is 0 Å². The molecule has 0 bridgehead atoms. The molecule has 0 atom stereocenters. The summed E-state index contributed by atoms with van der Waals surface area (Å²) >= 11 is 0. The average Bonchev–Trinajstić information content (AvgIpc) is 1.60. The summed E-state index contributed by atoms with van der Waals surface area (Å²) in [6, 6.07) is 132. The van der Waals surface area contributed by atoms with Crippen molar-refractivity contribution in [3.8, 4) is 28.2 Å². The van der Waals surface area contributed by atoms with Crippen LogP contribution in [0.4, 0.5) is 34.1 Å². The standard InChI is InChI=1S/C93H66N6/c1-94(70-28-4-2-5-29-70)74-52-56-89-84(58-74)93-79-34-13-10-24-68(79)45-55-90(93)97(89)73-46-41-63(42-47-73)61-95(75-50-53-82-80-35-14-16-37-87(80)98(91(82)59-75)85-39-19-25-66-22-8-11-32-77(66)85)72-48-43-65(44-49-72)69-27-18-21-64(57-69)62-96(71-30-6-3-7-31-71)76-51-54-83-81-36-15-17-38-88(81)99(92(83)60-76)86-40-20-26-67-23-9-12-33-78(67)86/h2-60H,61-62H2,1H3. The summed E-state index contributed by atoms with van der Waals surface area (Å²) in [5, 5.41) is 14.8. The molecule has 0 saturated carbocycles. The van der Waals surface area contributed by atoms with Gasteiger partial charge in [0.15, 0.2) is 0 Å². The molecule has 6 heteroatoms. The Morgan fingerprint density at radius 2 is 0.677 bits per heavy atom. The van der Waals surface area contributed by atoms with Crippen LogP contribution < -0.4 is 14.7 Å². The Morgan fingerprint density at radius 3 is 1.28 bits per heavy atom. The number of aromatic nitrogens is 3. The van der Waals surface area contributed by atoms with Gasteiger partial charge in [-0.05, 0) is 171 Å². The molecule has 3 aromatic heterocycles. The van der Waals surface area contributed by atoms with E-state index in [2.05, 4.69) is 393 Å². The van der Waals surface area contributed by atoms with Crippen molar-refractivity contribution in [3.05, 3.63) is 369 Å². The highest BCUT2D eigenvalue weighted by molar-refractivity contribution is 6.22. The van der Waals surface area contributed by atoms with Crippen LogP contribution in [0, 0.1) is 0 Å². The van der Waals surface area contributed by atoms with E-state index in [4.69, 9.17) is 0 Å². The fourth-order valence-electron chi connectivity index (χ4n) is 15.7. The van der Waals surface area contributed by atoms with Crippen LogP contribution in [0.15, 0.2) is 358 Å². The van der Waals surface area contributed by atoms with Crippen LogP contribution in [-0.4, -0.2) is 20.7 Å². The monoisotopic (exact) mass is 1270 g/mol. The maximum Gasteiger partial charge on any atom is 0.0562 e. The number of hydrogen-bond acceptors (Lipinski definition) is 3. The highest BCUT2D eigenvalue weighted by atomic mass is 15.1. The van der Waals surface area contributed by atoms with Crippen molar-refractivity contribution in [2.24, 2.45) is 0 Å². The first-order valence-electron chi connectivity index (χ1n) is 34.2. The fraction of sp³-hybridized carbons (Fsp3) is 0.0323. The van der Waals surface area contributed by atoms with Gasteiger partial charge in [-0.15, -0.1) is 0 Å². The fourth-order valence-corrected chi connectivity index (χ4v) is 15.7. The molecule has 99 heavy (non-hydrogen) atoms. The Balaban J connectivity index is 0.700. The summed E-state index contributed by atoms with van der Waals surface area (Å²) in [6.45, 7) is 1.30. The third kappa shape index (κ3) is 9.86. The summed E-state index contributed by atoms with van der Waals surface area (Å²) < 4.78 is 7.38. The van der Waals surface area contributed by atoms with Gasteiger partial charge in [0, 0.05) is 103 Å². The maximum absolute atomic E-state index is 2.49. The number of fused-ring (bicyclic) bond motifs is 13. The zero-order valence-electron chi connectivity index (χ0n) is 54.7. The number of para-hydroxylation sites is 4. The first kappa shape index (κ1) is 57.5. The van der Waals surface area contributed by atoms with Crippen molar-refractivity contribution in [3.63, 3.8) is 0 Å². The lowest BCUT2D eigenvalue weighted by Crippen LogP contribution is -2.17. The quantitative estimate of drug-likeness (QED) is 0.108. The third-order valence-corrected chi connectivity index (χ3v) is 20.5. The first-order chi connectivity index (χ1) is 49.0. The second-order valence-corrected chi connectivity index (χ2v) is 26.1. The molecule has 0 saturated heterocycles. The lowest BCUT2D eigenvalue weighted by atomic mass is 10.0. The van der Waals surface area contributed by atoms with Gasteiger partial charge in [0.2, 0.25) is 0 Å². The molecule has 468 valence electrons. The minimum absolute atomic E-state index is 0.631. The van der Waals surface area contributed by atoms with Gasteiger partial charge >= 0.3 is 0 Å². The molecule has 0 radical (unpaired) electrons. The molecule has 6 nitrogen and oxygen atoms in total. The number of benzene rings is 16. The Morgan fingerprint density at radius 1 is 0.232 bits per heavy atom. The van der Waals surface area contributed by atoms with Gasteiger partial charge < -0.3 is 28.4 Å². The Hall–Kier alpha value is -12.9. The number of nitrogens with zero attached hydrogens (tertiary/aromatic N) is 6. The van der Waals surface area contributed by atoms with Crippen molar-refractivity contribution in [1.82, 2.24) is 13.7 Å². The van der Waals surface area contributed by atoms with Gasteiger partial charge in [-0.3, -0.25) is 0 Å². The molecule has 0 spiro atoms. The van der Waals surface area contributed by atoms with Crippen LogP contribution in [0.3, 0.4) is 0 Å². The molecule has 0 N–H and O–H groups in total. The second kappa shape index (κ2) is 23.8. The average molecular weight is 1270 g/mol. The minimum atomic E-state index is 0.631. The molecule has 0 aliphatic carbocycles. The van der Waals surface area contributed by atoms with E-state index in [9.17, 15) is 0 Å². The van der Waals surface area contributed by atoms with E-state index in [1.807, 2.05) is 0 Å². The van der Waals surface area contributed by atoms with Crippen LogP contribution in [-0.2, 0) is 13.1 Å². The molecule has 0 aliphatic rings. The van der Waals surface area contributed by atoms with Crippen molar-refractivity contribution in [1.29, 1.82) is 0 Å². The first-order valence-corrected chi connectivity index (χ1v) is 34.2. The summed E-state index contributed by atoms with van der Waals surface area (Å²) in [7, 11) is 2.16. The molecule has 3 heterocycles. The number of anilines is 6. The van der Waals surface area contributed by atoms with Crippen molar-refractivity contribution in [2.75, 3.05) is 21.7 Å². The molecule has 0 aliphatic heterocycles. The predicted molar refractivity (Wildman–Crippen MR) is 419 cm³/mol. The highest BCUT2D eigenvalue weighted by Gasteiger charge is 2.23. The molecule has 16 aromatic carbocycles. The summed E-state index contributed by atoms with van der Waals surface area (Å²) in [5.41, 5.74) is 22.0. The van der Waals surface area contributed by atoms with E-state index >= 15 is 0 Å². The molecular weight excluding hydrogens is 1200 g/mol. The highest BCUT2D eigenvalue weighted by Crippen LogP contribution is 2.44. The number of hydrogen-bond donors (Lipinski definition) is 0. The smallest absolute Gasteiger partial charge is 0.0562 e. The topological polar surface area (TPSA) is 24.5 Å². The summed E-state index contributed by atoms with van der Waals surface area (Å²) in [6.07, 6.45) is 0. The Kier molecular flexibility index (Phi) is 13.8. The van der Waals surface area contributed by atoms with Crippen molar-refractivity contribution in [2.45, 2.75) is 13.1 Å². The molecule has 0 unspecified atom stereocenters. The second-order valence-electron chi connectivity index (χ2n) is 26.1. The normalized spacial score (nSPS) is 11.8.